The van der Waals surface area contributed by atoms with Gasteiger partial charge in [-0.15, -0.1) is 11.6 Å². The van der Waals surface area contributed by atoms with Crippen LogP contribution in [0, 0.1) is 0 Å². The van der Waals surface area contributed by atoms with E-state index in [9.17, 15) is 8.42 Å². The Bertz CT molecular complexity index is 690. The van der Waals surface area contributed by atoms with Crippen LogP contribution in [0.15, 0.2) is 59.5 Å². The van der Waals surface area contributed by atoms with E-state index in [2.05, 4.69) is 0 Å². The Morgan fingerprint density at radius 1 is 1.00 bits per heavy atom. The summed E-state index contributed by atoms with van der Waals surface area (Å²) in [5.74, 6) is 0.229. The van der Waals surface area contributed by atoms with Crippen LogP contribution in [0.4, 0.5) is 0 Å². The fraction of sp³-hybridized carbons (Fsp3) is 0.200. The summed E-state index contributed by atoms with van der Waals surface area (Å²) in [4.78, 5) is 0.177. The molecule has 112 valence electrons. The van der Waals surface area contributed by atoms with Gasteiger partial charge >= 0.3 is 0 Å². The van der Waals surface area contributed by atoms with Gasteiger partial charge in [0.05, 0.1) is 4.90 Å². The van der Waals surface area contributed by atoms with Crippen LogP contribution in [0.3, 0.4) is 0 Å². The highest BCUT2D eigenvalue weighted by Gasteiger charge is 2.24. The molecule has 0 atom stereocenters. The molecule has 3 nitrogen and oxygen atoms in total. The van der Waals surface area contributed by atoms with Gasteiger partial charge in [-0.2, -0.15) is 4.31 Å². The molecule has 0 bridgehead atoms. The summed E-state index contributed by atoms with van der Waals surface area (Å²) in [6.45, 7) is 0.522. The lowest BCUT2D eigenvalue weighted by atomic mass is 10.2. The molecule has 0 aliphatic heterocycles. The highest BCUT2D eigenvalue weighted by Crippen LogP contribution is 2.21. The van der Waals surface area contributed by atoms with E-state index in [-0.39, 0.29) is 23.9 Å². The summed E-state index contributed by atoms with van der Waals surface area (Å²) in [6.07, 6.45) is 0. The van der Waals surface area contributed by atoms with Crippen molar-refractivity contribution in [3.8, 4) is 0 Å². The first-order chi connectivity index (χ1) is 10.0. The minimum atomic E-state index is -3.62. The van der Waals surface area contributed by atoms with Gasteiger partial charge in [0, 0.05) is 24.0 Å². The Morgan fingerprint density at radius 3 is 2.33 bits per heavy atom. The minimum Gasteiger partial charge on any atom is -0.207 e. The third kappa shape index (κ3) is 4.20. The van der Waals surface area contributed by atoms with E-state index >= 15 is 0 Å². The first kappa shape index (κ1) is 16.3. The van der Waals surface area contributed by atoms with Gasteiger partial charge in [-0.05, 0) is 23.8 Å². The molecule has 0 saturated carbocycles. The molecule has 0 fully saturated rings. The van der Waals surface area contributed by atoms with Crippen molar-refractivity contribution in [2.75, 3.05) is 12.4 Å². The topological polar surface area (TPSA) is 37.4 Å². The zero-order valence-electron chi connectivity index (χ0n) is 11.2. The Labute approximate surface area is 135 Å². The largest absolute Gasteiger partial charge is 0.243 e. The van der Waals surface area contributed by atoms with Crippen molar-refractivity contribution in [1.82, 2.24) is 4.31 Å². The van der Waals surface area contributed by atoms with Crippen molar-refractivity contribution >= 4 is 33.2 Å². The molecule has 2 rings (SSSR count). The van der Waals surface area contributed by atoms with Gasteiger partial charge in [0.15, 0.2) is 0 Å². The molecule has 0 heterocycles. The Balaban J connectivity index is 2.32. The standard InChI is InChI=1S/C15H15Cl2NO2S/c16-9-10-18(12-13-5-2-1-3-6-13)21(19,20)15-8-4-7-14(17)11-15/h1-8,11H,9-10,12H2. The number of hydrogen-bond acceptors (Lipinski definition) is 2. The van der Waals surface area contributed by atoms with Crippen molar-refractivity contribution in [3.05, 3.63) is 65.2 Å². The van der Waals surface area contributed by atoms with Crippen molar-refractivity contribution < 1.29 is 8.42 Å². The lowest BCUT2D eigenvalue weighted by molar-refractivity contribution is 0.425. The van der Waals surface area contributed by atoms with E-state index in [1.54, 1.807) is 12.1 Å². The molecular formula is C15H15Cl2NO2S. The normalized spacial score (nSPS) is 11.8. The van der Waals surface area contributed by atoms with Gasteiger partial charge in [0.1, 0.15) is 0 Å². The van der Waals surface area contributed by atoms with Crippen molar-refractivity contribution in [1.29, 1.82) is 0 Å². The van der Waals surface area contributed by atoms with E-state index < -0.39 is 10.0 Å². The van der Waals surface area contributed by atoms with Gasteiger partial charge < -0.3 is 0 Å². The maximum atomic E-state index is 12.7. The quantitative estimate of drug-likeness (QED) is 0.748. The third-order valence-corrected chi connectivity index (χ3v) is 5.21. The first-order valence-electron chi connectivity index (χ1n) is 6.39. The SMILES string of the molecule is O=S(=O)(c1cccc(Cl)c1)N(CCCl)Cc1ccccc1. The number of hydrogen-bond donors (Lipinski definition) is 0. The average molecular weight is 344 g/mol. The fourth-order valence-corrected chi connectivity index (χ4v) is 3.98. The van der Waals surface area contributed by atoms with Crippen LogP contribution < -0.4 is 0 Å². The summed E-state index contributed by atoms with van der Waals surface area (Å²) in [5.41, 5.74) is 0.910. The van der Waals surface area contributed by atoms with Crippen LogP contribution in [0.2, 0.25) is 5.02 Å². The summed E-state index contributed by atoms with van der Waals surface area (Å²) in [6, 6.07) is 15.7. The summed E-state index contributed by atoms with van der Waals surface area (Å²) in [5, 5.41) is 0.390. The molecule has 0 radical (unpaired) electrons. The van der Waals surface area contributed by atoms with E-state index in [1.807, 2.05) is 30.3 Å². The Kier molecular flexibility index (Phi) is 5.65. The van der Waals surface area contributed by atoms with Gasteiger partial charge in [0.25, 0.3) is 0 Å². The molecule has 2 aromatic rings. The lowest BCUT2D eigenvalue weighted by Gasteiger charge is -2.21. The molecular weight excluding hydrogens is 329 g/mol. The molecule has 0 amide bonds. The lowest BCUT2D eigenvalue weighted by Crippen LogP contribution is -2.32. The minimum absolute atomic E-state index is 0.177. The smallest absolute Gasteiger partial charge is 0.207 e. The first-order valence-corrected chi connectivity index (χ1v) is 8.75. The van der Waals surface area contributed by atoms with Crippen LogP contribution in [-0.4, -0.2) is 25.1 Å². The van der Waals surface area contributed by atoms with Crippen LogP contribution in [0.5, 0.6) is 0 Å². The summed E-state index contributed by atoms with van der Waals surface area (Å²) >= 11 is 11.6. The Hall–Kier alpha value is -1.07. The van der Waals surface area contributed by atoms with E-state index in [0.717, 1.165) is 5.56 Å². The number of alkyl halides is 1. The average Bonchev–Trinajstić information content (AvgIpc) is 2.48. The van der Waals surface area contributed by atoms with E-state index in [4.69, 9.17) is 23.2 Å². The van der Waals surface area contributed by atoms with Crippen LogP contribution in [0.1, 0.15) is 5.56 Å². The highest BCUT2D eigenvalue weighted by molar-refractivity contribution is 7.89. The predicted octanol–water partition coefficient (Wildman–Crippen LogP) is 3.77. The zero-order chi connectivity index (χ0) is 15.3. The van der Waals surface area contributed by atoms with Gasteiger partial charge in [0.2, 0.25) is 10.0 Å². The summed E-state index contributed by atoms with van der Waals surface area (Å²) < 4.78 is 26.7. The van der Waals surface area contributed by atoms with Crippen molar-refractivity contribution in [2.24, 2.45) is 0 Å². The van der Waals surface area contributed by atoms with Crippen LogP contribution in [-0.2, 0) is 16.6 Å². The molecule has 2 aromatic carbocycles. The molecule has 0 aliphatic carbocycles. The van der Waals surface area contributed by atoms with E-state index in [1.165, 1.54) is 16.4 Å². The molecule has 0 aliphatic rings. The summed E-state index contributed by atoms with van der Waals surface area (Å²) in [7, 11) is -3.62. The van der Waals surface area contributed by atoms with Crippen molar-refractivity contribution in [2.45, 2.75) is 11.4 Å². The molecule has 0 spiro atoms. The third-order valence-electron chi connectivity index (χ3n) is 2.97. The van der Waals surface area contributed by atoms with Gasteiger partial charge in [-0.25, -0.2) is 8.42 Å². The second-order valence-corrected chi connectivity index (χ2v) is 7.22. The highest BCUT2D eigenvalue weighted by atomic mass is 35.5. The second kappa shape index (κ2) is 7.27. The molecule has 0 unspecified atom stereocenters. The van der Waals surface area contributed by atoms with Crippen LogP contribution >= 0.6 is 23.2 Å². The van der Waals surface area contributed by atoms with E-state index in [0.29, 0.717) is 5.02 Å². The van der Waals surface area contributed by atoms with Gasteiger partial charge in [-0.3, -0.25) is 0 Å². The maximum Gasteiger partial charge on any atom is 0.243 e. The van der Waals surface area contributed by atoms with Gasteiger partial charge in [-0.1, -0.05) is 48.0 Å². The second-order valence-electron chi connectivity index (χ2n) is 4.47. The monoisotopic (exact) mass is 343 g/mol. The number of halogens is 2. The van der Waals surface area contributed by atoms with Crippen LogP contribution in [0.25, 0.3) is 0 Å². The molecule has 0 saturated heterocycles. The number of benzene rings is 2. The van der Waals surface area contributed by atoms with Crippen molar-refractivity contribution in [3.63, 3.8) is 0 Å². The molecule has 21 heavy (non-hydrogen) atoms. The molecule has 0 N–H and O–H groups in total. The Morgan fingerprint density at radius 2 is 1.71 bits per heavy atom. The number of nitrogens with zero attached hydrogens (tertiary/aromatic N) is 1. The maximum absolute atomic E-state index is 12.7. The molecule has 6 heteroatoms. The number of rotatable bonds is 6. The number of sulfonamides is 1. The predicted molar refractivity (Wildman–Crippen MR) is 86.2 cm³/mol. The molecule has 0 aromatic heterocycles. The zero-order valence-corrected chi connectivity index (χ0v) is 13.6. The fourth-order valence-electron chi connectivity index (χ4n) is 1.94.